The van der Waals surface area contributed by atoms with Crippen LogP contribution in [0, 0.1) is 0 Å². The van der Waals surface area contributed by atoms with Crippen molar-refractivity contribution in [3.63, 3.8) is 0 Å². The summed E-state index contributed by atoms with van der Waals surface area (Å²) in [4.78, 5) is 23.4. The Morgan fingerprint density at radius 3 is 2.44 bits per heavy atom. The van der Waals surface area contributed by atoms with Crippen LogP contribution in [0.4, 0.5) is 10.5 Å². The SMILES string of the molecule is CCOC(=O)NC(CNCc1ccc(NC(C)=O)cc1)c1ccc(OC)c(OC2CCCC2)c1. The molecule has 0 heterocycles. The van der Waals surface area contributed by atoms with Crippen LogP contribution in [0.1, 0.15) is 56.7 Å². The van der Waals surface area contributed by atoms with Crippen LogP contribution in [0.25, 0.3) is 0 Å². The monoisotopic (exact) mass is 469 g/mol. The zero-order chi connectivity index (χ0) is 24.3. The van der Waals surface area contributed by atoms with Crippen LogP contribution in [0.5, 0.6) is 11.5 Å². The fourth-order valence-corrected chi connectivity index (χ4v) is 4.03. The maximum absolute atomic E-state index is 12.2. The second-order valence-electron chi connectivity index (χ2n) is 8.36. The van der Waals surface area contributed by atoms with E-state index in [9.17, 15) is 9.59 Å². The third-order valence-electron chi connectivity index (χ3n) is 5.71. The van der Waals surface area contributed by atoms with Gasteiger partial charge in [0.25, 0.3) is 0 Å². The molecule has 0 aromatic heterocycles. The lowest BCUT2D eigenvalue weighted by Gasteiger charge is -2.22. The summed E-state index contributed by atoms with van der Waals surface area (Å²) >= 11 is 0. The summed E-state index contributed by atoms with van der Waals surface area (Å²) in [6.45, 7) is 4.64. The zero-order valence-corrected chi connectivity index (χ0v) is 20.2. The van der Waals surface area contributed by atoms with Gasteiger partial charge >= 0.3 is 6.09 Å². The molecule has 2 aromatic rings. The minimum Gasteiger partial charge on any atom is -0.493 e. The molecular weight excluding hydrogens is 434 g/mol. The lowest BCUT2D eigenvalue weighted by molar-refractivity contribution is -0.114. The number of hydrogen-bond donors (Lipinski definition) is 3. The van der Waals surface area contributed by atoms with Gasteiger partial charge in [0, 0.05) is 25.7 Å². The smallest absolute Gasteiger partial charge is 0.407 e. The van der Waals surface area contributed by atoms with Crippen LogP contribution in [-0.2, 0) is 16.1 Å². The van der Waals surface area contributed by atoms with Crippen LogP contribution in [-0.4, -0.2) is 38.4 Å². The number of rotatable bonds is 11. The van der Waals surface area contributed by atoms with Crippen LogP contribution in [0.3, 0.4) is 0 Å². The Labute approximate surface area is 201 Å². The van der Waals surface area contributed by atoms with Gasteiger partial charge in [-0.1, -0.05) is 18.2 Å². The largest absolute Gasteiger partial charge is 0.493 e. The van der Waals surface area contributed by atoms with E-state index in [0.717, 1.165) is 29.7 Å². The molecule has 0 bridgehead atoms. The second-order valence-corrected chi connectivity index (χ2v) is 8.36. The van der Waals surface area contributed by atoms with Crippen LogP contribution in [0.15, 0.2) is 42.5 Å². The fraction of sp³-hybridized carbons (Fsp3) is 0.462. The number of nitrogens with one attached hydrogen (secondary N) is 3. The van der Waals surface area contributed by atoms with Crippen LogP contribution in [0.2, 0.25) is 0 Å². The van der Waals surface area contributed by atoms with Gasteiger partial charge in [0.1, 0.15) is 0 Å². The molecule has 1 aliphatic carbocycles. The molecule has 0 radical (unpaired) electrons. The molecule has 34 heavy (non-hydrogen) atoms. The van der Waals surface area contributed by atoms with Crippen LogP contribution >= 0.6 is 0 Å². The summed E-state index contributed by atoms with van der Waals surface area (Å²) in [6, 6.07) is 13.1. The predicted molar refractivity (Wildman–Crippen MR) is 131 cm³/mol. The molecule has 1 fully saturated rings. The highest BCUT2D eigenvalue weighted by Gasteiger charge is 2.21. The highest BCUT2D eigenvalue weighted by molar-refractivity contribution is 5.88. The third-order valence-corrected chi connectivity index (χ3v) is 5.71. The average molecular weight is 470 g/mol. The number of hydrogen-bond acceptors (Lipinski definition) is 6. The number of benzene rings is 2. The van der Waals surface area contributed by atoms with E-state index in [0.29, 0.717) is 31.2 Å². The van der Waals surface area contributed by atoms with Gasteiger partial charge in [0.2, 0.25) is 5.91 Å². The minimum absolute atomic E-state index is 0.102. The van der Waals surface area contributed by atoms with Crippen molar-refractivity contribution in [2.75, 3.05) is 25.6 Å². The highest BCUT2D eigenvalue weighted by Crippen LogP contribution is 2.34. The predicted octanol–water partition coefficient (Wildman–Crippen LogP) is 4.55. The first-order chi connectivity index (χ1) is 16.5. The van der Waals surface area contributed by atoms with E-state index in [1.807, 2.05) is 42.5 Å². The molecule has 0 saturated heterocycles. The first kappa shape index (κ1) is 25.4. The number of amides is 2. The van der Waals surface area contributed by atoms with Gasteiger partial charge in [-0.05, 0) is 68.0 Å². The summed E-state index contributed by atoms with van der Waals surface area (Å²) < 4.78 is 16.9. The molecule has 1 unspecified atom stereocenters. The van der Waals surface area contributed by atoms with E-state index in [-0.39, 0.29) is 18.1 Å². The number of carbonyl (C=O) groups excluding carboxylic acids is 2. The second kappa shape index (κ2) is 12.8. The first-order valence-electron chi connectivity index (χ1n) is 11.8. The van der Waals surface area contributed by atoms with Gasteiger partial charge in [-0.2, -0.15) is 0 Å². The molecule has 2 amide bonds. The standard InChI is InChI=1S/C26H35N3O5/c1-4-33-26(31)29-23(17-27-16-19-9-12-21(13-10-19)28-18(2)30)20-11-14-24(32-3)25(15-20)34-22-7-5-6-8-22/h9-15,22-23,27H,4-8,16-17H2,1-3H3,(H,28,30)(H,29,31). The zero-order valence-electron chi connectivity index (χ0n) is 20.2. The van der Waals surface area contributed by atoms with Crippen molar-refractivity contribution in [3.8, 4) is 11.5 Å². The van der Waals surface area contributed by atoms with E-state index >= 15 is 0 Å². The molecule has 1 saturated carbocycles. The van der Waals surface area contributed by atoms with E-state index in [1.54, 1.807) is 14.0 Å². The van der Waals surface area contributed by atoms with E-state index in [2.05, 4.69) is 16.0 Å². The molecule has 3 N–H and O–H groups in total. The highest BCUT2D eigenvalue weighted by atomic mass is 16.5. The van der Waals surface area contributed by atoms with Gasteiger partial charge in [-0.25, -0.2) is 4.79 Å². The summed E-state index contributed by atoms with van der Waals surface area (Å²) in [7, 11) is 1.63. The van der Waals surface area contributed by atoms with Gasteiger partial charge in [0.15, 0.2) is 11.5 Å². The Balaban J connectivity index is 1.69. The van der Waals surface area contributed by atoms with E-state index < -0.39 is 6.09 Å². The van der Waals surface area contributed by atoms with Crippen molar-refractivity contribution in [1.82, 2.24) is 10.6 Å². The third kappa shape index (κ3) is 7.66. The summed E-state index contributed by atoms with van der Waals surface area (Å²) in [6.07, 6.45) is 4.16. The molecule has 1 aliphatic rings. The van der Waals surface area contributed by atoms with Crippen molar-refractivity contribution < 1.29 is 23.8 Å². The topological polar surface area (TPSA) is 97.9 Å². The Kier molecular flexibility index (Phi) is 9.58. The first-order valence-corrected chi connectivity index (χ1v) is 11.8. The summed E-state index contributed by atoms with van der Waals surface area (Å²) in [5.74, 6) is 1.27. The number of anilines is 1. The van der Waals surface area contributed by atoms with Crippen molar-refractivity contribution in [3.05, 3.63) is 53.6 Å². The Bertz CT molecular complexity index is 942. The number of alkyl carbamates (subject to hydrolysis) is 1. The van der Waals surface area contributed by atoms with Crippen molar-refractivity contribution in [1.29, 1.82) is 0 Å². The molecule has 3 rings (SSSR count). The number of carbonyl (C=O) groups is 2. The van der Waals surface area contributed by atoms with Crippen LogP contribution < -0.4 is 25.4 Å². The molecule has 1 atom stereocenters. The molecule has 2 aromatic carbocycles. The van der Waals surface area contributed by atoms with E-state index in [4.69, 9.17) is 14.2 Å². The van der Waals surface area contributed by atoms with Gasteiger partial charge in [-0.15, -0.1) is 0 Å². The van der Waals surface area contributed by atoms with Gasteiger partial charge in [0.05, 0.1) is 25.9 Å². The molecule has 8 heteroatoms. The molecular formula is C26H35N3O5. The van der Waals surface area contributed by atoms with Gasteiger partial charge in [-0.3, -0.25) is 4.79 Å². The van der Waals surface area contributed by atoms with Crippen molar-refractivity contribution in [2.45, 2.75) is 58.2 Å². The molecule has 0 spiro atoms. The van der Waals surface area contributed by atoms with Crippen molar-refractivity contribution >= 4 is 17.7 Å². The quantitative estimate of drug-likeness (QED) is 0.447. The lowest BCUT2D eigenvalue weighted by Crippen LogP contribution is -2.36. The molecule has 8 nitrogen and oxygen atoms in total. The maximum Gasteiger partial charge on any atom is 0.407 e. The minimum atomic E-state index is -0.469. The Morgan fingerprint density at radius 1 is 1.06 bits per heavy atom. The summed E-state index contributed by atoms with van der Waals surface area (Å²) in [5, 5.41) is 9.10. The average Bonchev–Trinajstić information content (AvgIpc) is 3.32. The molecule has 0 aliphatic heterocycles. The summed E-state index contributed by atoms with van der Waals surface area (Å²) in [5.41, 5.74) is 2.71. The Hall–Kier alpha value is -3.26. The lowest BCUT2D eigenvalue weighted by atomic mass is 10.1. The van der Waals surface area contributed by atoms with Crippen molar-refractivity contribution in [2.24, 2.45) is 0 Å². The maximum atomic E-state index is 12.2. The Morgan fingerprint density at radius 2 is 1.79 bits per heavy atom. The number of methoxy groups -OCH3 is 1. The van der Waals surface area contributed by atoms with Gasteiger partial charge < -0.3 is 30.2 Å². The number of ether oxygens (including phenoxy) is 3. The normalized spacial score (nSPS) is 14.3. The van der Waals surface area contributed by atoms with E-state index in [1.165, 1.54) is 19.8 Å². The fourth-order valence-electron chi connectivity index (χ4n) is 4.03. The molecule has 184 valence electrons.